The normalized spacial score (nSPS) is 17.0. The summed E-state index contributed by atoms with van der Waals surface area (Å²) in [5.74, 6) is 1.68. The molecule has 0 saturated carbocycles. The second-order valence-corrected chi connectivity index (χ2v) is 10.1. The molecule has 0 N–H and O–H groups in total. The van der Waals surface area contributed by atoms with Crippen LogP contribution in [-0.2, 0) is 9.84 Å². The van der Waals surface area contributed by atoms with E-state index in [1.165, 1.54) is 0 Å². The first-order valence-corrected chi connectivity index (χ1v) is 9.92. The average molecular weight is 364 g/mol. The molecule has 7 nitrogen and oxygen atoms in total. The minimum Gasteiger partial charge on any atom is -0.370 e. The van der Waals surface area contributed by atoms with Crippen LogP contribution in [0.2, 0.25) is 0 Å². The van der Waals surface area contributed by atoms with Gasteiger partial charge in [0.1, 0.15) is 0 Å². The quantitative estimate of drug-likeness (QED) is 0.827. The Morgan fingerprint density at radius 3 is 2.36 bits per heavy atom. The number of nitrogens with zero attached hydrogens (tertiary/aromatic N) is 4. The van der Waals surface area contributed by atoms with Crippen LogP contribution in [0, 0.1) is 6.92 Å². The third-order valence-electron chi connectivity index (χ3n) is 4.57. The van der Waals surface area contributed by atoms with Crippen molar-refractivity contribution >= 4 is 15.5 Å². The monoisotopic (exact) mass is 364 g/mol. The molecular weight excluding hydrogens is 340 g/mol. The van der Waals surface area contributed by atoms with E-state index in [0.717, 1.165) is 37.4 Å². The Kier molecular flexibility index (Phi) is 4.57. The van der Waals surface area contributed by atoms with Crippen molar-refractivity contribution in [2.45, 2.75) is 56.2 Å². The summed E-state index contributed by atoms with van der Waals surface area (Å²) >= 11 is 0. The van der Waals surface area contributed by atoms with Crippen LogP contribution >= 0.6 is 0 Å². The van der Waals surface area contributed by atoms with E-state index in [9.17, 15) is 8.42 Å². The fourth-order valence-corrected chi connectivity index (χ4v) is 3.97. The highest BCUT2D eigenvalue weighted by atomic mass is 32.2. The molecule has 3 rings (SSSR count). The first kappa shape index (κ1) is 17.8. The van der Waals surface area contributed by atoms with Crippen molar-refractivity contribution < 1.29 is 12.9 Å². The summed E-state index contributed by atoms with van der Waals surface area (Å²) in [5.41, 5.74) is 0.940. The lowest BCUT2D eigenvalue weighted by molar-refractivity contribution is 0.375. The van der Waals surface area contributed by atoms with Gasteiger partial charge in [-0.2, -0.15) is 4.98 Å². The minimum atomic E-state index is -3.42. The molecule has 3 heterocycles. The maximum atomic E-state index is 12.4. The van der Waals surface area contributed by atoms with Crippen molar-refractivity contribution in [3.8, 4) is 0 Å². The highest BCUT2D eigenvalue weighted by molar-refractivity contribution is 7.92. The standard InChI is InChI=1S/C17H24N4O3S/c1-12-19-16(20-24-12)13-7-9-21(10-8-13)14-5-6-15(18-11-14)25(22,23)17(2,3)4/h5-6,11,13H,7-10H2,1-4H3. The Morgan fingerprint density at radius 1 is 1.20 bits per heavy atom. The van der Waals surface area contributed by atoms with Gasteiger partial charge in [-0.25, -0.2) is 13.4 Å². The molecule has 0 aliphatic carbocycles. The van der Waals surface area contributed by atoms with E-state index >= 15 is 0 Å². The minimum absolute atomic E-state index is 0.126. The first-order chi connectivity index (χ1) is 11.7. The Hall–Kier alpha value is -1.96. The smallest absolute Gasteiger partial charge is 0.223 e. The molecule has 0 spiro atoms. The van der Waals surface area contributed by atoms with Gasteiger partial charge in [-0.15, -0.1) is 0 Å². The topological polar surface area (TPSA) is 89.2 Å². The van der Waals surface area contributed by atoms with Crippen LogP contribution in [0.3, 0.4) is 0 Å². The van der Waals surface area contributed by atoms with Crippen molar-refractivity contribution in [3.63, 3.8) is 0 Å². The van der Waals surface area contributed by atoms with Crippen LogP contribution in [0.15, 0.2) is 27.9 Å². The second-order valence-electron chi connectivity index (χ2n) is 7.40. The van der Waals surface area contributed by atoms with Gasteiger partial charge >= 0.3 is 0 Å². The SMILES string of the molecule is Cc1nc(C2CCN(c3ccc(S(=O)(=O)C(C)(C)C)nc3)CC2)no1. The summed E-state index contributed by atoms with van der Waals surface area (Å²) < 4.78 is 29.1. The van der Waals surface area contributed by atoms with E-state index in [-0.39, 0.29) is 5.03 Å². The van der Waals surface area contributed by atoms with Crippen LogP contribution in [0.5, 0.6) is 0 Å². The molecule has 0 bridgehead atoms. The number of hydrogen-bond acceptors (Lipinski definition) is 7. The van der Waals surface area contributed by atoms with Crippen molar-refractivity contribution in [1.29, 1.82) is 0 Å². The van der Waals surface area contributed by atoms with Crippen molar-refractivity contribution in [3.05, 3.63) is 30.0 Å². The number of anilines is 1. The lowest BCUT2D eigenvalue weighted by Gasteiger charge is -2.32. The maximum Gasteiger partial charge on any atom is 0.223 e. The average Bonchev–Trinajstić information content (AvgIpc) is 3.01. The molecule has 1 fully saturated rings. The Balaban J connectivity index is 1.68. The molecule has 0 atom stereocenters. The molecule has 0 unspecified atom stereocenters. The third-order valence-corrected chi connectivity index (χ3v) is 6.98. The maximum absolute atomic E-state index is 12.4. The van der Waals surface area contributed by atoms with Gasteiger partial charge in [0, 0.05) is 25.9 Å². The van der Waals surface area contributed by atoms with Crippen molar-refractivity contribution in [1.82, 2.24) is 15.1 Å². The third kappa shape index (κ3) is 3.53. The highest BCUT2D eigenvalue weighted by Crippen LogP contribution is 2.30. The molecule has 0 amide bonds. The highest BCUT2D eigenvalue weighted by Gasteiger charge is 2.32. The predicted molar refractivity (Wildman–Crippen MR) is 94.4 cm³/mol. The number of piperidine rings is 1. The number of sulfone groups is 1. The first-order valence-electron chi connectivity index (χ1n) is 8.44. The molecular formula is C17H24N4O3S. The lowest BCUT2D eigenvalue weighted by atomic mass is 9.96. The summed E-state index contributed by atoms with van der Waals surface area (Å²) in [5, 5.41) is 4.14. The lowest BCUT2D eigenvalue weighted by Crippen LogP contribution is -2.33. The zero-order valence-corrected chi connectivity index (χ0v) is 15.9. The van der Waals surface area contributed by atoms with Crippen LogP contribution in [0.1, 0.15) is 51.2 Å². The Bertz CT molecular complexity index is 830. The van der Waals surface area contributed by atoms with E-state index in [1.807, 2.05) is 6.07 Å². The van der Waals surface area contributed by atoms with Gasteiger partial charge in [0.25, 0.3) is 0 Å². The molecule has 1 aliphatic rings. The summed E-state index contributed by atoms with van der Waals surface area (Å²) in [4.78, 5) is 10.7. The van der Waals surface area contributed by atoms with Gasteiger partial charge in [-0.3, -0.25) is 0 Å². The molecule has 1 saturated heterocycles. The fraction of sp³-hybridized carbons (Fsp3) is 0.588. The fourth-order valence-electron chi connectivity index (χ4n) is 2.91. The molecule has 2 aromatic heterocycles. The van der Waals surface area contributed by atoms with E-state index in [1.54, 1.807) is 40.0 Å². The van der Waals surface area contributed by atoms with Gasteiger partial charge in [0.15, 0.2) is 20.7 Å². The number of hydrogen-bond donors (Lipinski definition) is 0. The number of aryl methyl sites for hydroxylation is 1. The molecule has 25 heavy (non-hydrogen) atoms. The summed E-state index contributed by atoms with van der Waals surface area (Å²) in [6, 6.07) is 3.44. The van der Waals surface area contributed by atoms with Gasteiger partial charge < -0.3 is 9.42 Å². The molecule has 136 valence electrons. The molecule has 8 heteroatoms. The van der Waals surface area contributed by atoms with Crippen LogP contribution in [-0.4, -0.2) is 41.4 Å². The molecule has 0 radical (unpaired) electrons. The number of rotatable bonds is 3. The van der Waals surface area contributed by atoms with E-state index in [2.05, 4.69) is 20.0 Å². The molecule has 0 aromatic carbocycles. The Morgan fingerprint density at radius 2 is 1.88 bits per heavy atom. The van der Waals surface area contributed by atoms with Gasteiger partial charge in [-0.05, 0) is 45.7 Å². The largest absolute Gasteiger partial charge is 0.370 e. The van der Waals surface area contributed by atoms with E-state index < -0.39 is 14.6 Å². The van der Waals surface area contributed by atoms with Gasteiger partial charge in [0.2, 0.25) is 5.89 Å². The number of pyridine rings is 1. The zero-order chi connectivity index (χ0) is 18.2. The van der Waals surface area contributed by atoms with Crippen molar-refractivity contribution in [2.24, 2.45) is 0 Å². The molecule has 2 aromatic rings. The van der Waals surface area contributed by atoms with Gasteiger partial charge in [0.05, 0.1) is 16.6 Å². The summed E-state index contributed by atoms with van der Waals surface area (Å²) in [6.45, 7) is 8.55. The van der Waals surface area contributed by atoms with Crippen molar-refractivity contribution in [2.75, 3.05) is 18.0 Å². The van der Waals surface area contributed by atoms with Crippen LogP contribution in [0.25, 0.3) is 0 Å². The predicted octanol–water partition coefficient (Wildman–Crippen LogP) is 2.73. The zero-order valence-electron chi connectivity index (χ0n) is 15.1. The van der Waals surface area contributed by atoms with E-state index in [4.69, 9.17) is 4.52 Å². The molecule has 1 aliphatic heterocycles. The van der Waals surface area contributed by atoms with Crippen LogP contribution < -0.4 is 4.90 Å². The summed E-state index contributed by atoms with van der Waals surface area (Å²) in [6.07, 6.45) is 3.51. The second kappa shape index (κ2) is 6.40. The van der Waals surface area contributed by atoms with Crippen LogP contribution in [0.4, 0.5) is 5.69 Å². The number of aromatic nitrogens is 3. The summed E-state index contributed by atoms with van der Waals surface area (Å²) in [7, 11) is -3.42. The Labute approximate surface area is 148 Å². The van der Waals surface area contributed by atoms with E-state index in [0.29, 0.717) is 11.8 Å². The van der Waals surface area contributed by atoms with Gasteiger partial charge in [-0.1, -0.05) is 5.16 Å².